The zero-order valence-corrected chi connectivity index (χ0v) is 9.20. The molecule has 0 amide bonds. The van der Waals surface area contributed by atoms with Gasteiger partial charge in [0.2, 0.25) is 0 Å². The van der Waals surface area contributed by atoms with Crippen LogP contribution in [-0.2, 0) is 0 Å². The van der Waals surface area contributed by atoms with Gasteiger partial charge in [0.15, 0.2) is 0 Å². The molecule has 1 aromatic carbocycles. The average molecular weight is 207 g/mol. The molecule has 0 spiro atoms. The Bertz CT molecular complexity index is 359. The van der Waals surface area contributed by atoms with E-state index in [1.807, 2.05) is 13.0 Å². The summed E-state index contributed by atoms with van der Waals surface area (Å²) in [6.07, 6.45) is 2.67. The van der Waals surface area contributed by atoms with Crippen LogP contribution in [0.1, 0.15) is 37.3 Å². The van der Waals surface area contributed by atoms with Crippen LogP contribution in [0, 0.1) is 6.92 Å². The summed E-state index contributed by atoms with van der Waals surface area (Å²) in [6, 6.07) is 5.36. The number of aryl methyl sites for hydroxylation is 1. The van der Waals surface area contributed by atoms with Crippen LogP contribution in [0.15, 0.2) is 23.4 Å². The van der Waals surface area contributed by atoms with Crippen molar-refractivity contribution >= 4 is 5.71 Å². The fourth-order valence-electron chi connectivity index (χ4n) is 1.47. The quantitative estimate of drug-likeness (QED) is 0.453. The fraction of sp³-hybridized carbons (Fsp3) is 0.417. The number of nitrogens with zero attached hydrogens (tertiary/aromatic N) is 1. The number of aromatic hydroxyl groups is 1. The molecule has 2 N–H and O–H groups in total. The van der Waals surface area contributed by atoms with Gasteiger partial charge in [-0.15, -0.1) is 0 Å². The first-order valence-corrected chi connectivity index (χ1v) is 5.20. The number of phenolic OH excluding ortho intramolecular Hbond substituents is 1. The highest BCUT2D eigenvalue weighted by molar-refractivity contribution is 6.02. The van der Waals surface area contributed by atoms with E-state index in [0.29, 0.717) is 17.7 Å². The predicted octanol–water partition coefficient (Wildman–Crippen LogP) is 3.07. The van der Waals surface area contributed by atoms with Gasteiger partial charge in [0.1, 0.15) is 5.75 Å². The monoisotopic (exact) mass is 207 g/mol. The molecule has 3 heteroatoms. The van der Waals surface area contributed by atoms with Crippen molar-refractivity contribution in [1.29, 1.82) is 0 Å². The van der Waals surface area contributed by atoms with E-state index in [1.165, 1.54) is 0 Å². The summed E-state index contributed by atoms with van der Waals surface area (Å²) in [4.78, 5) is 0. The van der Waals surface area contributed by atoms with Crippen LogP contribution < -0.4 is 0 Å². The van der Waals surface area contributed by atoms with E-state index >= 15 is 0 Å². The van der Waals surface area contributed by atoms with Crippen LogP contribution in [0.2, 0.25) is 0 Å². The number of oxime groups is 1. The van der Waals surface area contributed by atoms with E-state index in [4.69, 9.17) is 5.21 Å². The maximum Gasteiger partial charge on any atom is 0.125 e. The Kier molecular flexibility index (Phi) is 4.16. The predicted molar refractivity (Wildman–Crippen MR) is 60.7 cm³/mol. The minimum Gasteiger partial charge on any atom is -0.507 e. The molecule has 0 saturated heterocycles. The molecule has 15 heavy (non-hydrogen) atoms. The molecule has 0 atom stereocenters. The van der Waals surface area contributed by atoms with E-state index in [9.17, 15) is 5.11 Å². The van der Waals surface area contributed by atoms with E-state index in [0.717, 1.165) is 18.4 Å². The van der Waals surface area contributed by atoms with E-state index in [1.54, 1.807) is 12.1 Å². The lowest BCUT2D eigenvalue weighted by atomic mass is 10.0. The molecule has 0 radical (unpaired) electrons. The lowest BCUT2D eigenvalue weighted by molar-refractivity contribution is 0.317. The van der Waals surface area contributed by atoms with E-state index < -0.39 is 0 Å². The molecule has 0 saturated carbocycles. The van der Waals surface area contributed by atoms with Crippen molar-refractivity contribution in [3.63, 3.8) is 0 Å². The minimum absolute atomic E-state index is 0.180. The summed E-state index contributed by atoms with van der Waals surface area (Å²) >= 11 is 0. The number of benzene rings is 1. The number of phenols is 1. The van der Waals surface area contributed by atoms with Gasteiger partial charge in [0.25, 0.3) is 0 Å². The number of unbranched alkanes of at least 4 members (excludes halogenated alkanes) is 1. The minimum atomic E-state index is 0.180. The summed E-state index contributed by atoms with van der Waals surface area (Å²) in [6.45, 7) is 3.98. The summed E-state index contributed by atoms with van der Waals surface area (Å²) in [5, 5.41) is 21.8. The second-order valence-corrected chi connectivity index (χ2v) is 3.67. The molecule has 82 valence electrons. The number of rotatable bonds is 4. The molecule has 0 aromatic heterocycles. The van der Waals surface area contributed by atoms with Gasteiger partial charge in [-0.25, -0.2) is 0 Å². The highest BCUT2D eigenvalue weighted by Gasteiger charge is 2.09. The molecule has 1 aromatic rings. The molecule has 0 unspecified atom stereocenters. The maximum atomic E-state index is 9.70. The molecule has 1 rings (SSSR count). The van der Waals surface area contributed by atoms with E-state index in [-0.39, 0.29) is 5.75 Å². The van der Waals surface area contributed by atoms with Crippen LogP contribution in [0.4, 0.5) is 0 Å². The highest BCUT2D eigenvalue weighted by Crippen LogP contribution is 2.21. The fourth-order valence-corrected chi connectivity index (χ4v) is 1.47. The Balaban J connectivity index is 2.93. The van der Waals surface area contributed by atoms with Crippen molar-refractivity contribution < 1.29 is 10.3 Å². The van der Waals surface area contributed by atoms with Gasteiger partial charge in [-0.05, 0) is 37.5 Å². The zero-order valence-electron chi connectivity index (χ0n) is 9.20. The van der Waals surface area contributed by atoms with Crippen molar-refractivity contribution in [1.82, 2.24) is 0 Å². The lowest BCUT2D eigenvalue weighted by Crippen LogP contribution is -2.01. The van der Waals surface area contributed by atoms with E-state index in [2.05, 4.69) is 12.1 Å². The van der Waals surface area contributed by atoms with Crippen molar-refractivity contribution in [3.05, 3.63) is 29.3 Å². The first-order valence-electron chi connectivity index (χ1n) is 5.20. The third-order valence-electron chi connectivity index (χ3n) is 2.35. The molecule has 0 bridgehead atoms. The molecule has 0 fully saturated rings. The molecule has 0 aliphatic heterocycles. The third kappa shape index (κ3) is 2.98. The number of hydrogen-bond acceptors (Lipinski definition) is 3. The van der Waals surface area contributed by atoms with Crippen molar-refractivity contribution in [2.24, 2.45) is 5.16 Å². The Morgan fingerprint density at radius 1 is 1.40 bits per heavy atom. The third-order valence-corrected chi connectivity index (χ3v) is 2.35. The molecule has 0 heterocycles. The van der Waals surface area contributed by atoms with Crippen LogP contribution in [-0.4, -0.2) is 16.0 Å². The standard InChI is InChI=1S/C12H17NO2/c1-3-4-5-11(13-15)10-7-6-9(2)8-12(10)14/h6-8,14-15H,3-5H2,1-2H3/b13-11-. The van der Waals surface area contributed by atoms with Gasteiger partial charge in [-0.2, -0.15) is 0 Å². The molecular weight excluding hydrogens is 190 g/mol. The van der Waals surface area contributed by atoms with Gasteiger partial charge < -0.3 is 10.3 Å². The molecule has 0 aliphatic carbocycles. The highest BCUT2D eigenvalue weighted by atomic mass is 16.4. The Labute approximate surface area is 90.1 Å². The Morgan fingerprint density at radius 3 is 2.67 bits per heavy atom. The normalized spacial score (nSPS) is 11.7. The maximum absolute atomic E-state index is 9.70. The Morgan fingerprint density at radius 2 is 2.13 bits per heavy atom. The van der Waals surface area contributed by atoms with Gasteiger partial charge >= 0.3 is 0 Å². The number of hydrogen-bond donors (Lipinski definition) is 2. The SMILES string of the molecule is CCCC/C(=N/O)c1ccc(C)cc1O. The summed E-state index contributed by atoms with van der Waals surface area (Å²) < 4.78 is 0. The summed E-state index contributed by atoms with van der Waals surface area (Å²) in [5.74, 6) is 0.180. The van der Waals surface area contributed by atoms with Gasteiger partial charge in [0, 0.05) is 5.56 Å². The Hall–Kier alpha value is -1.51. The van der Waals surface area contributed by atoms with Crippen LogP contribution >= 0.6 is 0 Å². The lowest BCUT2D eigenvalue weighted by Gasteiger charge is -2.06. The van der Waals surface area contributed by atoms with Gasteiger partial charge in [-0.1, -0.05) is 24.6 Å². The molecule has 0 aliphatic rings. The largest absolute Gasteiger partial charge is 0.507 e. The van der Waals surface area contributed by atoms with Crippen molar-refractivity contribution in [3.8, 4) is 5.75 Å². The first kappa shape index (κ1) is 11.6. The van der Waals surface area contributed by atoms with Crippen LogP contribution in [0.5, 0.6) is 5.75 Å². The van der Waals surface area contributed by atoms with Gasteiger partial charge in [-0.3, -0.25) is 0 Å². The summed E-state index contributed by atoms with van der Waals surface area (Å²) in [5.41, 5.74) is 2.16. The van der Waals surface area contributed by atoms with Crippen LogP contribution in [0.3, 0.4) is 0 Å². The second kappa shape index (κ2) is 5.39. The summed E-state index contributed by atoms with van der Waals surface area (Å²) in [7, 11) is 0. The molecule has 3 nitrogen and oxygen atoms in total. The topological polar surface area (TPSA) is 52.8 Å². The van der Waals surface area contributed by atoms with Crippen LogP contribution in [0.25, 0.3) is 0 Å². The smallest absolute Gasteiger partial charge is 0.125 e. The van der Waals surface area contributed by atoms with Gasteiger partial charge in [0.05, 0.1) is 5.71 Å². The molecular formula is C12H17NO2. The zero-order chi connectivity index (χ0) is 11.3. The first-order chi connectivity index (χ1) is 7.19. The van der Waals surface area contributed by atoms with Crippen molar-refractivity contribution in [2.75, 3.05) is 0 Å². The average Bonchev–Trinajstić information content (AvgIpc) is 2.21. The second-order valence-electron chi connectivity index (χ2n) is 3.67. The van der Waals surface area contributed by atoms with Crippen molar-refractivity contribution in [2.45, 2.75) is 33.1 Å².